The molecular formula is C11H19N3O4S. The van der Waals surface area contributed by atoms with Crippen LogP contribution >= 0.6 is 0 Å². The summed E-state index contributed by atoms with van der Waals surface area (Å²) < 4.78 is 31.6. The van der Waals surface area contributed by atoms with Crippen molar-refractivity contribution in [1.82, 2.24) is 8.61 Å². The standard InChI is InChI=1S/C11H19N3O4S/c1-13(9-6-11(15)18-2)19(16,17)14(8-3-7-12)10-4-5-10/h10H,3-6,8-9H2,1-2H3. The van der Waals surface area contributed by atoms with E-state index in [1.54, 1.807) is 0 Å². The second-order valence-corrected chi connectivity index (χ2v) is 6.39. The third-order valence-corrected chi connectivity index (χ3v) is 4.99. The number of nitriles is 1. The number of esters is 1. The Morgan fingerprint density at radius 3 is 2.53 bits per heavy atom. The normalized spacial score (nSPS) is 15.5. The molecule has 8 heteroatoms. The zero-order chi connectivity index (χ0) is 14.5. The number of carbonyl (C=O) groups excluding carboxylic acids is 1. The predicted molar refractivity (Wildman–Crippen MR) is 68.1 cm³/mol. The number of methoxy groups -OCH3 is 1. The third kappa shape index (κ3) is 4.45. The van der Waals surface area contributed by atoms with Gasteiger partial charge < -0.3 is 4.74 Å². The molecule has 19 heavy (non-hydrogen) atoms. The van der Waals surface area contributed by atoms with Gasteiger partial charge in [0.1, 0.15) is 0 Å². The molecule has 1 fully saturated rings. The van der Waals surface area contributed by atoms with Gasteiger partial charge >= 0.3 is 5.97 Å². The predicted octanol–water partition coefficient (Wildman–Crippen LogP) is 0.104. The highest BCUT2D eigenvalue weighted by Crippen LogP contribution is 2.30. The molecule has 0 N–H and O–H groups in total. The van der Waals surface area contributed by atoms with Gasteiger partial charge in [0.05, 0.1) is 19.6 Å². The van der Waals surface area contributed by atoms with E-state index in [1.165, 1.54) is 18.5 Å². The number of hydrogen-bond acceptors (Lipinski definition) is 5. The molecule has 0 spiro atoms. The first kappa shape index (κ1) is 15.9. The van der Waals surface area contributed by atoms with Crippen LogP contribution in [0.3, 0.4) is 0 Å². The van der Waals surface area contributed by atoms with Gasteiger partial charge in [0.15, 0.2) is 0 Å². The van der Waals surface area contributed by atoms with E-state index in [2.05, 4.69) is 4.74 Å². The Labute approximate surface area is 113 Å². The van der Waals surface area contributed by atoms with E-state index in [4.69, 9.17) is 5.26 Å². The van der Waals surface area contributed by atoms with Crippen molar-refractivity contribution in [3.63, 3.8) is 0 Å². The Morgan fingerprint density at radius 2 is 2.05 bits per heavy atom. The summed E-state index contributed by atoms with van der Waals surface area (Å²) in [6.45, 7) is 0.275. The van der Waals surface area contributed by atoms with Gasteiger partial charge in [0.2, 0.25) is 0 Å². The molecule has 1 aliphatic carbocycles. The largest absolute Gasteiger partial charge is 0.469 e. The van der Waals surface area contributed by atoms with Gasteiger partial charge in [-0.1, -0.05) is 0 Å². The van der Waals surface area contributed by atoms with Gasteiger partial charge in [0.25, 0.3) is 10.2 Å². The van der Waals surface area contributed by atoms with Crippen LogP contribution in [0.2, 0.25) is 0 Å². The molecule has 0 aromatic heterocycles. The van der Waals surface area contributed by atoms with Crippen molar-refractivity contribution in [2.45, 2.75) is 31.7 Å². The highest BCUT2D eigenvalue weighted by Gasteiger charge is 2.38. The average Bonchev–Trinajstić information content (AvgIpc) is 3.20. The Morgan fingerprint density at radius 1 is 1.42 bits per heavy atom. The molecule has 1 saturated carbocycles. The summed E-state index contributed by atoms with van der Waals surface area (Å²) in [5.41, 5.74) is 0. The molecule has 0 atom stereocenters. The SMILES string of the molecule is COC(=O)CCN(C)S(=O)(=O)N(CCC#N)C1CC1. The minimum absolute atomic E-state index is 0.000994. The van der Waals surface area contributed by atoms with Crippen molar-refractivity contribution in [1.29, 1.82) is 5.26 Å². The molecule has 108 valence electrons. The van der Waals surface area contributed by atoms with Gasteiger partial charge in [-0.25, -0.2) is 0 Å². The van der Waals surface area contributed by atoms with Crippen molar-refractivity contribution in [2.75, 3.05) is 27.2 Å². The van der Waals surface area contributed by atoms with E-state index < -0.39 is 16.2 Å². The zero-order valence-electron chi connectivity index (χ0n) is 11.2. The number of rotatable bonds is 8. The van der Waals surface area contributed by atoms with Crippen LogP contribution < -0.4 is 0 Å². The van der Waals surface area contributed by atoms with Crippen LogP contribution in [-0.4, -0.2) is 56.3 Å². The smallest absolute Gasteiger partial charge is 0.306 e. The van der Waals surface area contributed by atoms with Crippen LogP contribution in [0.4, 0.5) is 0 Å². The lowest BCUT2D eigenvalue weighted by atomic mass is 10.4. The summed E-state index contributed by atoms with van der Waals surface area (Å²) in [7, 11) is -0.911. The summed E-state index contributed by atoms with van der Waals surface area (Å²) in [6, 6.07) is 1.95. The maximum absolute atomic E-state index is 12.3. The maximum atomic E-state index is 12.3. The van der Waals surface area contributed by atoms with Crippen LogP contribution in [0.15, 0.2) is 0 Å². The fourth-order valence-electron chi connectivity index (χ4n) is 1.65. The minimum atomic E-state index is -3.61. The summed E-state index contributed by atoms with van der Waals surface area (Å²) in [5.74, 6) is -0.447. The van der Waals surface area contributed by atoms with E-state index in [9.17, 15) is 13.2 Å². The molecule has 0 aromatic rings. The molecule has 0 heterocycles. The van der Waals surface area contributed by atoms with Crippen LogP contribution in [0, 0.1) is 11.3 Å². The molecule has 0 amide bonds. The monoisotopic (exact) mass is 289 g/mol. The first-order valence-corrected chi connectivity index (χ1v) is 7.50. The molecule has 1 aliphatic rings. The van der Waals surface area contributed by atoms with Crippen molar-refractivity contribution < 1.29 is 17.9 Å². The molecule has 0 aliphatic heterocycles. The van der Waals surface area contributed by atoms with E-state index >= 15 is 0 Å². The second-order valence-electron chi connectivity index (χ2n) is 4.41. The fraction of sp³-hybridized carbons (Fsp3) is 0.818. The maximum Gasteiger partial charge on any atom is 0.306 e. The van der Waals surface area contributed by atoms with Crippen molar-refractivity contribution >= 4 is 16.2 Å². The number of carbonyl (C=O) groups is 1. The Kier molecular flexibility index (Phi) is 5.72. The quantitative estimate of drug-likeness (QED) is 0.591. The highest BCUT2D eigenvalue weighted by atomic mass is 32.2. The van der Waals surface area contributed by atoms with Crippen LogP contribution in [0.5, 0.6) is 0 Å². The van der Waals surface area contributed by atoms with Crippen molar-refractivity contribution in [2.24, 2.45) is 0 Å². The molecule has 0 radical (unpaired) electrons. The van der Waals surface area contributed by atoms with Gasteiger partial charge in [-0.3, -0.25) is 4.79 Å². The van der Waals surface area contributed by atoms with Gasteiger partial charge in [0, 0.05) is 32.6 Å². The van der Waals surface area contributed by atoms with E-state index in [-0.39, 0.29) is 32.0 Å². The topological polar surface area (TPSA) is 90.7 Å². The molecule has 0 bridgehead atoms. The van der Waals surface area contributed by atoms with Gasteiger partial charge in [-0.05, 0) is 12.8 Å². The first-order chi connectivity index (χ1) is 8.93. The van der Waals surface area contributed by atoms with Crippen molar-refractivity contribution in [3.8, 4) is 6.07 Å². The lowest BCUT2D eigenvalue weighted by molar-refractivity contribution is -0.140. The Hall–Kier alpha value is -1.17. The van der Waals surface area contributed by atoms with E-state index in [1.807, 2.05) is 6.07 Å². The van der Waals surface area contributed by atoms with Gasteiger partial charge in [-0.2, -0.15) is 22.3 Å². The molecular weight excluding hydrogens is 270 g/mol. The minimum Gasteiger partial charge on any atom is -0.469 e. The molecule has 0 aromatic carbocycles. The molecule has 1 rings (SSSR count). The zero-order valence-corrected chi connectivity index (χ0v) is 12.0. The number of nitrogens with zero attached hydrogens (tertiary/aromatic N) is 3. The molecule has 0 saturated heterocycles. The van der Waals surface area contributed by atoms with E-state index in [0.29, 0.717) is 0 Å². The second kappa shape index (κ2) is 6.84. The highest BCUT2D eigenvalue weighted by molar-refractivity contribution is 7.86. The van der Waals surface area contributed by atoms with Crippen molar-refractivity contribution in [3.05, 3.63) is 0 Å². The Bertz CT molecular complexity index is 453. The lowest BCUT2D eigenvalue weighted by Crippen LogP contribution is -2.44. The number of ether oxygens (including phenoxy) is 1. The average molecular weight is 289 g/mol. The van der Waals surface area contributed by atoms with Crippen LogP contribution in [0.1, 0.15) is 25.7 Å². The summed E-state index contributed by atoms with van der Waals surface area (Å²) in [4.78, 5) is 11.0. The molecule has 7 nitrogen and oxygen atoms in total. The van der Waals surface area contributed by atoms with Crippen LogP contribution in [-0.2, 0) is 19.7 Å². The summed E-state index contributed by atoms with van der Waals surface area (Å²) in [6.07, 6.45) is 1.84. The molecule has 0 unspecified atom stereocenters. The number of hydrogen-bond donors (Lipinski definition) is 0. The fourth-order valence-corrected chi connectivity index (χ4v) is 3.24. The van der Waals surface area contributed by atoms with Gasteiger partial charge in [-0.15, -0.1) is 0 Å². The third-order valence-electron chi connectivity index (χ3n) is 2.95. The van der Waals surface area contributed by atoms with E-state index in [0.717, 1.165) is 17.1 Å². The summed E-state index contributed by atoms with van der Waals surface area (Å²) in [5, 5.41) is 8.58. The van der Waals surface area contributed by atoms with Crippen LogP contribution in [0.25, 0.3) is 0 Å². The first-order valence-electron chi connectivity index (χ1n) is 6.10. The lowest BCUT2D eigenvalue weighted by Gasteiger charge is -2.26. The summed E-state index contributed by atoms with van der Waals surface area (Å²) >= 11 is 0. The Balaban J connectivity index is 2.65.